The Morgan fingerprint density at radius 1 is 1.54 bits per heavy atom. The molecule has 1 N–H and O–H groups in total. The van der Waals surface area contributed by atoms with E-state index in [0.29, 0.717) is 0 Å². The highest BCUT2D eigenvalue weighted by atomic mass is 16.3. The first kappa shape index (κ1) is 8.66. The quantitative estimate of drug-likeness (QED) is 0.690. The summed E-state index contributed by atoms with van der Waals surface area (Å²) in [6.07, 6.45) is 4.38. The van der Waals surface area contributed by atoms with Gasteiger partial charge < -0.3 is 5.11 Å². The molecule has 0 fully saturated rings. The van der Waals surface area contributed by atoms with Gasteiger partial charge in [0, 0.05) is 25.5 Å². The molecule has 3 heteroatoms. The molecule has 0 amide bonds. The maximum absolute atomic E-state index is 9.41. The molecule has 1 aliphatic rings. The van der Waals surface area contributed by atoms with E-state index in [-0.39, 0.29) is 6.23 Å². The minimum atomic E-state index is -0.346. The van der Waals surface area contributed by atoms with Crippen LogP contribution in [-0.2, 0) is 13.0 Å². The van der Waals surface area contributed by atoms with Gasteiger partial charge in [0.05, 0.1) is 0 Å². The van der Waals surface area contributed by atoms with Crippen molar-refractivity contribution in [1.29, 1.82) is 0 Å². The Bertz CT molecular complexity index is 299. The van der Waals surface area contributed by atoms with Gasteiger partial charge in [0.15, 0.2) is 0 Å². The van der Waals surface area contributed by atoms with Crippen LogP contribution in [0.1, 0.15) is 18.1 Å². The third-order valence-electron chi connectivity index (χ3n) is 2.57. The number of aliphatic hydroxyl groups excluding tert-OH is 1. The minimum absolute atomic E-state index is 0.346. The van der Waals surface area contributed by atoms with Crippen LogP contribution >= 0.6 is 0 Å². The first-order chi connectivity index (χ1) is 6.27. The first-order valence-electron chi connectivity index (χ1n) is 4.61. The van der Waals surface area contributed by atoms with Crippen molar-refractivity contribution in [1.82, 2.24) is 9.88 Å². The zero-order chi connectivity index (χ0) is 9.26. The number of hydrogen-bond acceptors (Lipinski definition) is 3. The van der Waals surface area contributed by atoms with E-state index in [0.717, 1.165) is 19.5 Å². The van der Waals surface area contributed by atoms with Crippen LogP contribution in [0.25, 0.3) is 0 Å². The second kappa shape index (κ2) is 3.44. The van der Waals surface area contributed by atoms with Crippen LogP contribution in [0.3, 0.4) is 0 Å². The zero-order valence-corrected chi connectivity index (χ0v) is 7.77. The number of pyridine rings is 1. The fourth-order valence-corrected chi connectivity index (χ4v) is 1.72. The van der Waals surface area contributed by atoms with Gasteiger partial charge in [-0.25, -0.2) is 0 Å². The molecule has 2 heterocycles. The second-order valence-corrected chi connectivity index (χ2v) is 3.50. The molecule has 70 valence electrons. The predicted molar refractivity (Wildman–Crippen MR) is 50.0 cm³/mol. The number of rotatable bonds is 1. The predicted octanol–water partition coefficient (Wildman–Crippen LogP) is 0.778. The summed E-state index contributed by atoms with van der Waals surface area (Å²) in [5, 5.41) is 9.41. The SMILES string of the molecule is CC(O)N1CCc2cnccc2C1. The van der Waals surface area contributed by atoms with Crippen molar-refractivity contribution in [3.63, 3.8) is 0 Å². The topological polar surface area (TPSA) is 36.4 Å². The Balaban J connectivity index is 2.20. The highest BCUT2D eigenvalue weighted by molar-refractivity contribution is 5.25. The van der Waals surface area contributed by atoms with E-state index in [9.17, 15) is 5.11 Å². The third-order valence-corrected chi connectivity index (χ3v) is 2.57. The van der Waals surface area contributed by atoms with Crippen molar-refractivity contribution in [2.24, 2.45) is 0 Å². The number of aromatic nitrogens is 1. The summed E-state index contributed by atoms with van der Waals surface area (Å²) in [6, 6.07) is 2.03. The van der Waals surface area contributed by atoms with Gasteiger partial charge in [0.25, 0.3) is 0 Å². The Labute approximate surface area is 78.0 Å². The molecule has 1 atom stereocenters. The lowest BCUT2D eigenvalue weighted by molar-refractivity contribution is 0.00913. The van der Waals surface area contributed by atoms with E-state index in [1.54, 1.807) is 0 Å². The lowest BCUT2D eigenvalue weighted by Crippen LogP contribution is -2.37. The Morgan fingerprint density at radius 2 is 2.38 bits per heavy atom. The molecule has 1 aliphatic heterocycles. The molecule has 1 aromatic rings. The van der Waals surface area contributed by atoms with Crippen LogP contribution in [-0.4, -0.2) is 27.8 Å². The Hall–Kier alpha value is -0.930. The van der Waals surface area contributed by atoms with Crippen LogP contribution in [0, 0.1) is 0 Å². The molecule has 0 saturated heterocycles. The summed E-state index contributed by atoms with van der Waals surface area (Å²) >= 11 is 0. The largest absolute Gasteiger partial charge is 0.379 e. The Kier molecular flexibility index (Phi) is 2.29. The maximum atomic E-state index is 9.41. The highest BCUT2D eigenvalue weighted by Gasteiger charge is 2.18. The maximum Gasteiger partial charge on any atom is 0.104 e. The summed E-state index contributed by atoms with van der Waals surface area (Å²) in [6.45, 7) is 3.58. The molecule has 3 nitrogen and oxygen atoms in total. The number of nitrogens with zero attached hydrogens (tertiary/aromatic N) is 2. The minimum Gasteiger partial charge on any atom is -0.379 e. The van der Waals surface area contributed by atoms with E-state index < -0.39 is 0 Å². The average Bonchev–Trinajstić information content (AvgIpc) is 2.17. The number of fused-ring (bicyclic) bond motifs is 1. The van der Waals surface area contributed by atoms with Crippen LogP contribution in [0.5, 0.6) is 0 Å². The van der Waals surface area contributed by atoms with Gasteiger partial charge in [-0.1, -0.05) is 0 Å². The van der Waals surface area contributed by atoms with Gasteiger partial charge in [0.2, 0.25) is 0 Å². The standard InChI is InChI=1S/C10H14N2O/c1-8(13)12-5-3-9-6-11-4-2-10(9)7-12/h2,4,6,8,13H,3,5,7H2,1H3. The van der Waals surface area contributed by atoms with Gasteiger partial charge in [-0.05, 0) is 30.5 Å². The van der Waals surface area contributed by atoms with E-state index >= 15 is 0 Å². The van der Waals surface area contributed by atoms with Crippen molar-refractivity contribution in [3.8, 4) is 0 Å². The van der Waals surface area contributed by atoms with Crippen molar-refractivity contribution in [2.75, 3.05) is 6.54 Å². The van der Waals surface area contributed by atoms with Crippen LogP contribution < -0.4 is 0 Å². The fourth-order valence-electron chi connectivity index (χ4n) is 1.72. The van der Waals surface area contributed by atoms with Gasteiger partial charge in [-0.15, -0.1) is 0 Å². The molecule has 0 radical (unpaired) electrons. The second-order valence-electron chi connectivity index (χ2n) is 3.50. The monoisotopic (exact) mass is 178 g/mol. The number of hydrogen-bond donors (Lipinski definition) is 1. The molecule has 0 saturated carbocycles. The van der Waals surface area contributed by atoms with Gasteiger partial charge in [-0.2, -0.15) is 0 Å². The molecule has 2 rings (SSSR count). The summed E-state index contributed by atoms with van der Waals surface area (Å²) in [5.74, 6) is 0. The molecule has 1 unspecified atom stereocenters. The summed E-state index contributed by atoms with van der Waals surface area (Å²) in [5.41, 5.74) is 2.61. The summed E-state index contributed by atoms with van der Waals surface area (Å²) in [4.78, 5) is 6.14. The van der Waals surface area contributed by atoms with Gasteiger partial charge in [-0.3, -0.25) is 9.88 Å². The molecule has 0 aliphatic carbocycles. The van der Waals surface area contributed by atoms with Crippen molar-refractivity contribution in [2.45, 2.75) is 26.1 Å². The third kappa shape index (κ3) is 1.71. The summed E-state index contributed by atoms with van der Waals surface area (Å²) in [7, 11) is 0. The molecular weight excluding hydrogens is 164 g/mol. The van der Waals surface area contributed by atoms with Crippen molar-refractivity contribution in [3.05, 3.63) is 29.6 Å². The van der Waals surface area contributed by atoms with Crippen LogP contribution in [0.4, 0.5) is 0 Å². The molecule has 0 spiro atoms. The normalized spacial score (nSPS) is 19.5. The van der Waals surface area contributed by atoms with Gasteiger partial charge in [0.1, 0.15) is 6.23 Å². The van der Waals surface area contributed by atoms with Crippen molar-refractivity contribution < 1.29 is 5.11 Å². The fraction of sp³-hybridized carbons (Fsp3) is 0.500. The van der Waals surface area contributed by atoms with E-state index in [4.69, 9.17) is 0 Å². The molecule has 13 heavy (non-hydrogen) atoms. The van der Waals surface area contributed by atoms with E-state index in [1.165, 1.54) is 11.1 Å². The number of aliphatic hydroxyl groups is 1. The lowest BCUT2D eigenvalue weighted by Gasteiger charge is -2.30. The first-order valence-corrected chi connectivity index (χ1v) is 4.61. The smallest absolute Gasteiger partial charge is 0.104 e. The highest BCUT2D eigenvalue weighted by Crippen LogP contribution is 2.18. The lowest BCUT2D eigenvalue weighted by atomic mass is 10.0. The van der Waals surface area contributed by atoms with Gasteiger partial charge >= 0.3 is 0 Å². The molecule has 0 aromatic carbocycles. The van der Waals surface area contributed by atoms with Crippen molar-refractivity contribution >= 4 is 0 Å². The zero-order valence-electron chi connectivity index (χ0n) is 7.77. The van der Waals surface area contributed by atoms with E-state index in [2.05, 4.69) is 9.88 Å². The molecule has 1 aromatic heterocycles. The molecular formula is C10H14N2O. The average molecular weight is 178 g/mol. The summed E-state index contributed by atoms with van der Waals surface area (Å²) < 4.78 is 0. The molecule has 0 bridgehead atoms. The van der Waals surface area contributed by atoms with Crippen LogP contribution in [0.15, 0.2) is 18.5 Å². The van der Waals surface area contributed by atoms with E-state index in [1.807, 2.05) is 25.4 Å². The van der Waals surface area contributed by atoms with Crippen LogP contribution in [0.2, 0.25) is 0 Å². The Morgan fingerprint density at radius 3 is 3.15 bits per heavy atom.